The number of halogens is 1. The van der Waals surface area contributed by atoms with E-state index in [1.165, 1.54) is 0 Å². The molecule has 1 heterocycles. The van der Waals surface area contributed by atoms with Gasteiger partial charge in [-0.2, -0.15) is 0 Å². The summed E-state index contributed by atoms with van der Waals surface area (Å²) in [5.74, 6) is 1.42. The summed E-state index contributed by atoms with van der Waals surface area (Å²) >= 11 is 5.95. The van der Waals surface area contributed by atoms with Crippen molar-refractivity contribution >= 4 is 22.5 Å². The molecule has 0 spiro atoms. The number of para-hydroxylation sites is 1. The molecule has 2 aromatic rings. The summed E-state index contributed by atoms with van der Waals surface area (Å²) in [6.07, 6.45) is 2.11. The van der Waals surface area contributed by atoms with Gasteiger partial charge in [0.2, 0.25) is 0 Å². The van der Waals surface area contributed by atoms with E-state index < -0.39 is 0 Å². The normalized spacial score (nSPS) is 11.4. The van der Waals surface area contributed by atoms with Gasteiger partial charge in [-0.3, -0.25) is 9.36 Å². The number of hydrogen-bond acceptors (Lipinski definition) is 2. The molecule has 0 saturated carbocycles. The van der Waals surface area contributed by atoms with Gasteiger partial charge in [0, 0.05) is 6.54 Å². The van der Waals surface area contributed by atoms with Gasteiger partial charge in [-0.25, -0.2) is 4.98 Å². The number of rotatable bonds is 5. The van der Waals surface area contributed by atoms with E-state index in [1.54, 1.807) is 4.57 Å². The fourth-order valence-corrected chi connectivity index (χ4v) is 2.51. The molecule has 0 aliphatic carbocycles. The number of nitrogens with zero attached hydrogens (tertiary/aromatic N) is 2. The van der Waals surface area contributed by atoms with Crippen LogP contribution in [0.3, 0.4) is 0 Å². The molecule has 1 aromatic heterocycles. The van der Waals surface area contributed by atoms with E-state index in [2.05, 4.69) is 18.8 Å². The van der Waals surface area contributed by atoms with E-state index >= 15 is 0 Å². The average Bonchev–Trinajstić information content (AvgIpc) is 2.46. The molecule has 0 bridgehead atoms. The van der Waals surface area contributed by atoms with Crippen LogP contribution in [0.1, 0.15) is 32.5 Å². The lowest BCUT2D eigenvalue weighted by molar-refractivity contribution is 0.404. The van der Waals surface area contributed by atoms with Gasteiger partial charge in [-0.05, 0) is 18.1 Å². The third kappa shape index (κ3) is 2.81. The van der Waals surface area contributed by atoms with Crippen molar-refractivity contribution in [2.75, 3.05) is 0 Å². The maximum absolute atomic E-state index is 12.5. The monoisotopic (exact) mass is 278 g/mol. The summed E-state index contributed by atoms with van der Waals surface area (Å²) < 4.78 is 1.74. The molecule has 0 amide bonds. The molecular weight excluding hydrogens is 260 g/mol. The number of fused-ring (bicyclic) bond motifs is 1. The Labute approximate surface area is 118 Å². The first kappa shape index (κ1) is 14.1. The average molecular weight is 279 g/mol. The van der Waals surface area contributed by atoms with Crippen LogP contribution < -0.4 is 5.56 Å². The van der Waals surface area contributed by atoms with Gasteiger partial charge in [-0.15, -0.1) is 11.6 Å². The zero-order valence-corrected chi connectivity index (χ0v) is 12.2. The lowest BCUT2D eigenvalue weighted by Crippen LogP contribution is -2.28. The van der Waals surface area contributed by atoms with Gasteiger partial charge < -0.3 is 0 Å². The summed E-state index contributed by atoms with van der Waals surface area (Å²) in [4.78, 5) is 17.0. The standard InChI is InChI=1S/C15H19ClN2O/c1-3-11(4-2)10-18-14(9-16)17-13-8-6-5-7-12(13)15(18)19/h5-8,11H,3-4,9-10H2,1-2H3. The maximum atomic E-state index is 12.5. The van der Waals surface area contributed by atoms with Crippen LogP contribution in [0.25, 0.3) is 10.9 Å². The van der Waals surface area contributed by atoms with E-state index in [-0.39, 0.29) is 11.4 Å². The quantitative estimate of drug-likeness (QED) is 0.784. The first-order chi connectivity index (χ1) is 9.21. The van der Waals surface area contributed by atoms with Gasteiger partial charge >= 0.3 is 0 Å². The molecule has 0 aliphatic rings. The molecule has 102 valence electrons. The Balaban J connectivity index is 2.58. The van der Waals surface area contributed by atoms with E-state index in [1.807, 2.05) is 24.3 Å². The van der Waals surface area contributed by atoms with E-state index in [4.69, 9.17) is 11.6 Å². The highest BCUT2D eigenvalue weighted by Gasteiger charge is 2.13. The number of alkyl halides is 1. The van der Waals surface area contributed by atoms with Gasteiger partial charge in [0.15, 0.2) is 0 Å². The van der Waals surface area contributed by atoms with E-state index in [0.717, 1.165) is 18.4 Å². The molecule has 0 N–H and O–H groups in total. The molecule has 3 nitrogen and oxygen atoms in total. The highest BCUT2D eigenvalue weighted by Crippen LogP contribution is 2.14. The van der Waals surface area contributed by atoms with Gasteiger partial charge in [0.25, 0.3) is 5.56 Å². The molecule has 4 heteroatoms. The lowest BCUT2D eigenvalue weighted by Gasteiger charge is -2.17. The lowest BCUT2D eigenvalue weighted by atomic mass is 10.0. The minimum atomic E-state index is 0.0214. The summed E-state index contributed by atoms with van der Waals surface area (Å²) in [7, 11) is 0. The minimum absolute atomic E-state index is 0.0214. The van der Waals surface area contributed by atoms with Crippen molar-refractivity contribution in [1.82, 2.24) is 9.55 Å². The largest absolute Gasteiger partial charge is 0.295 e. The molecule has 0 fully saturated rings. The zero-order valence-electron chi connectivity index (χ0n) is 11.4. The third-order valence-corrected chi connectivity index (χ3v) is 3.89. The number of aromatic nitrogens is 2. The Morgan fingerprint density at radius 2 is 1.95 bits per heavy atom. The second kappa shape index (κ2) is 6.20. The highest BCUT2D eigenvalue weighted by molar-refractivity contribution is 6.16. The van der Waals surface area contributed by atoms with Crippen LogP contribution in [-0.4, -0.2) is 9.55 Å². The van der Waals surface area contributed by atoms with Crippen LogP contribution in [0.2, 0.25) is 0 Å². The summed E-state index contributed by atoms with van der Waals surface area (Å²) in [5, 5.41) is 0.669. The van der Waals surface area contributed by atoms with Crippen molar-refractivity contribution in [3.8, 4) is 0 Å². The Morgan fingerprint density at radius 3 is 2.58 bits per heavy atom. The second-order valence-corrected chi connectivity index (χ2v) is 5.04. The van der Waals surface area contributed by atoms with Crippen LogP contribution >= 0.6 is 11.6 Å². The maximum Gasteiger partial charge on any atom is 0.261 e. The molecule has 19 heavy (non-hydrogen) atoms. The number of benzene rings is 1. The van der Waals surface area contributed by atoms with Crippen molar-refractivity contribution < 1.29 is 0 Å². The SMILES string of the molecule is CCC(CC)Cn1c(CCl)nc2ccccc2c1=O. The van der Waals surface area contributed by atoms with E-state index in [0.29, 0.717) is 23.7 Å². The Bertz CT molecular complexity index is 617. The predicted octanol–water partition coefficient (Wildman–Crippen LogP) is 3.57. The minimum Gasteiger partial charge on any atom is -0.295 e. The van der Waals surface area contributed by atoms with Crippen molar-refractivity contribution in [1.29, 1.82) is 0 Å². The summed E-state index contributed by atoms with van der Waals surface area (Å²) in [6, 6.07) is 7.44. The summed E-state index contributed by atoms with van der Waals surface area (Å²) in [5.41, 5.74) is 0.747. The highest BCUT2D eigenvalue weighted by atomic mass is 35.5. The summed E-state index contributed by atoms with van der Waals surface area (Å²) in [6.45, 7) is 4.99. The molecule has 0 aliphatic heterocycles. The van der Waals surface area contributed by atoms with Gasteiger partial charge in [0.1, 0.15) is 5.82 Å². The first-order valence-corrected chi connectivity index (χ1v) is 7.29. The Morgan fingerprint density at radius 1 is 1.26 bits per heavy atom. The molecule has 1 aromatic carbocycles. The molecule has 0 unspecified atom stereocenters. The van der Waals surface area contributed by atoms with Crippen LogP contribution in [-0.2, 0) is 12.4 Å². The Kier molecular flexibility index (Phi) is 4.59. The topological polar surface area (TPSA) is 34.9 Å². The fourth-order valence-electron chi connectivity index (χ4n) is 2.31. The van der Waals surface area contributed by atoms with Gasteiger partial charge in [-0.1, -0.05) is 38.8 Å². The fraction of sp³-hybridized carbons (Fsp3) is 0.467. The van der Waals surface area contributed by atoms with Crippen LogP contribution in [0.5, 0.6) is 0 Å². The predicted molar refractivity (Wildman–Crippen MR) is 79.6 cm³/mol. The zero-order chi connectivity index (χ0) is 13.8. The van der Waals surface area contributed by atoms with Crippen molar-refractivity contribution in [3.63, 3.8) is 0 Å². The molecular formula is C15H19ClN2O. The van der Waals surface area contributed by atoms with E-state index in [9.17, 15) is 4.79 Å². The molecule has 0 saturated heterocycles. The first-order valence-electron chi connectivity index (χ1n) is 6.75. The second-order valence-electron chi connectivity index (χ2n) is 4.78. The molecule has 0 atom stereocenters. The van der Waals surface area contributed by atoms with Crippen LogP contribution in [0, 0.1) is 5.92 Å². The number of hydrogen-bond donors (Lipinski definition) is 0. The Hall–Kier alpha value is -1.35. The van der Waals surface area contributed by atoms with Gasteiger partial charge in [0.05, 0.1) is 16.8 Å². The van der Waals surface area contributed by atoms with Crippen molar-refractivity contribution in [2.45, 2.75) is 39.1 Å². The van der Waals surface area contributed by atoms with Crippen molar-refractivity contribution in [3.05, 3.63) is 40.4 Å². The van der Waals surface area contributed by atoms with Crippen LogP contribution in [0.15, 0.2) is 29.1 Å². The molecule has 0 radical (unpaired) electrons. The van der Waals surface area contributed by atoms with Crippen molar-refractivity contribution in [2.24, 2.45) is 5.92 Å². The molecule has 2 rings (SSSR count). The third-order valence-electron chi connectivity index (χ3n) is 3.66. The van der Waals surface area contributed by atoms with Crippen LogP contribution in [0.4, 0.5) is 0 Å². The smallest absolute Gasteiger partial charge is 0.261 e.